The maximum absolute atomic E-state index is 12.8. The van der Waals surface area contributed by atoms with Crippen LogP contribution in [0.25, 0.3) is 0 Å². The molecule has 3 heterocycles. The molecule has 0 saturated carbocycles. The minimum atomic E-state index is -0.114. The van der Waals surface area contributed by atoms with Gasteiger partial charge in [0.15, 0.2) is 5.82 Å². The first-order valence-electron chi connectivity index (χ1n) is 9.47. The molecule has 146 valence electrons. The number of aromatic nitrogens is 5. The molecule has 4 rings (SSSR count). The van der Waals surface area contributed by atoms with Gasteiger partial charge < -0.3 is 14.6 Å². The number of phenolic OH excluding ortho intramolecular Hbond substituents is 1. The van der Waals surface area contributed by atoms with Crippen LogP contribution in [0.2, 0.25) is 0 Å². The Bertz CT molecular complexity index is 971. The predicted octanol–water partition coefficient (Wildman–Crippen LogP) is 2.09. The standard InChI is InChI=1S/C20H24N6O2/c1-14-4-5-17(27)16(12-14)20(28)25-10-6-15(7-11-25)19-23-22-18(24(19)2)13-26-9-3-8-21-26/h3-5,8-9,12,15,27H,6-7,10-11,13H2,1-2H3. The minimum absolute atomic E-state index is 0.0364. The van der Waals surface area contributed by atoms with Crippen LogP contribution in [0.5, 0.6) is 5.75 Å². The van der Waals surface area contributed by atoms with Crippen molar-refractivity contribution in [2.24, 2.45) is 7.05 Å². The minimum Gasteiger partial charge on any atom is -0.507 e. The molecule has 0 spiro atoms. The molecule has 2 aromatic heterocycles. The third-order valence-corrected chi connectivity index (χ3v) is 5.39. The van der Waals surface area contributed by atoms with Gasteiger partial charge in [-0.05, 0) is 38.0 Å². The summed E-state index contributed by atoms with van der Waals surface area (Å²) in [6.45, 7) is 3.77. The summed E-state index contributed by atoms with van der Waals surface area (Å²) < 4.78 is 3.86. The first-order chi connectivity index (χ1) is 13.5. The van der Waals surface area contributed by atoms with E-state index in [9.17, 15) is 9.90 Å². The quantitative estimate of drug-likeness (QED) is 0.749. The Morgan fingerprint density at radius 3 is 2.75 bits per heavy atom. The van der Waals surface area contributed by atoms with E-state index in [4.69, 9.17) is 0 Å². The molecular formula is C20H24N6O2. The zero-order valence-corrected chi connectivity index (χ0v) is 16.1. The third-order valence-electron chi connectivity index (χ3n) is 5.39. The van der Waals surface area contributed by atoms with Crippen LogP contribution in [0.3, 0.4) is 0 Å². The van der Waals surface area contributed by atoms with Crippen LogP contribution in [0, 0.1) is 6.92 Å². The lowest BCUT2D eigenvalue weighted by Gasteiger charge is -2.31. The van der Waals surface area contributed by atoms with Crippen LogP contribution < -0.4 is 0 Å². The molecule has 1 fully saturated rings. The number of aryl methyl sites for hydroxylation is 1. The van der Waals surface area contributed by atoms with Gasteiger partial charge in [-0.2, -0.15) is 5.10 Å². The Morgan fingerprint density at radius 2 is 2.04 bits per heavy atom. The fourth-order valence-electron chi connectivity index (χ4n) is 3.74. The van der Waals surface area contributed by atoms with E-state index < -0.39 is 0 Å². The summed E-state index contributed by atoms with van der Waals surface area (Å²) in [5, 5.41) is 23.0. The average molecular weight is 380 g/mol. The van der Waals surface area contributed by atoms with Crippen LogP contribution in [0.4, 0.5) is 0 Å². The first kappa shape index (κ1) is 18.2. The van der Waals surface area contributed by atoms with E-state index in [1.807, 2.05) is 40.4 Å². The molecule has 1 aliphatic rings. The molecule has 1 N–H and O–H groups in total. The molecule has 0 bridgehead atoms. The lowest BCUT2D eigenvalue weighted by atomic mass is 9.95. The molecule has 1 aromatic carbocycles. The summed E-state index contributed by atoms with van der Waals surface area (Å²) in [4.78, 5) is 14.6. The van der Waals surface area contributed by atoms with Crippen LogP contribution in [-0.2, 0) is 13.6 Å². The maximum atomic E-state index is 12.8. The lowest BCUT2D eigenvalue weighted by Crippen LogP contribution is -2.38. The first-order valence-corrected chi connectivity index (χ1v) is 9.47. The van der Waals surface area contributed by atoms with Gasteiger partial charge in [0.1, 0.15) is 18.1 Å². The zero-order chi connectivity index (χ0) is 19.7. The van der Waals surface area contributed by atoms with Gasteiger partial charge >= 0.3 is 0 Å². The molecule has 0 unspecified atom stereocenters. The monoisotopic (exact) mass is 380 g/mol. The fourth-order valence-corrected chi connectivity index (χ4v) is 3.74. The Kier molecular flexibility index (Phi) is 4.85. The van der Waals surface area contributed by atoms with Gasteiger partial charge in [0, 0.05) is 38.4 Å². The van der Waals surface area contributed by atoms with E-state index in [0.29, 0.717) is 25.2 Å². The second-order valence-electron chi connectivity index (χ2n) is 7.32. The van der Waals surface area contributed by atoms with E-state index in [1.54, 1.807) is 24.4 Å². The van der Waals surface area contributed by atoms with Crippen molar-refractivity contribution in [3.8, 4) is 5.75 Å². The molecule has 8 heteroatoms. The number of rotatable bonds is 4. The van der Waals surface area contributed by atoms with Gasteiger partial charge in [-0.25, -0.2) is 0 Å². The number of piperidine rings is 1. The van der Waals surface area contributed by atoms with E-state index in [0.717, 1.165) is 30.1 Å². The van der Waals surface area contributed by atoms with Crippen molar-refractivity contribution >= 4 is 5.91 Å². The van der Waals surface area contributed by atoms with Crippen LogP contribution >= 0.6 is 0 Å². The molecule has 3 aromatic rings. The van der Waals surface area contributed by atoms with E-state index >= 15 is 0 Å². The smallest absolute Gasteiger partial charge is 0.257 e. The molecule has 0 aliphatic carbocycles. The summed E-state index contributed by atoms with van der Waals surface area (Å²) in [5.41, 5.74) is 1.33. The Balaban J connectivity index is 1.42. The number of hydrogen-bond donors (Lipinski definition) is 1. The van der Waals surface area contributed by atoms with Gasteiger partial charge in [-0.15, -0.1) is 10.2 Å². The highest BCUT2D eigenvalue weighted by atomic mass is 16.3. The normalized spacial score (nSPS) is 15.1. The number of likely N-dealkylation sites (tertiary alicyclic amines) is 1. The molecule has 28 heavy (non-hydrogen) atoms. The number of phenols is 1. The van der Waals surface area contributed by atoms with Gasteiger partial charge in [0.05, 0.1) is 5.56 Å². The second kappa shape index (κ2) is 7.46. The summed E-state index contributed by atoms with van der Waals surface area (Å²) in [6.07, 6.45) is 5.30. The molecular weight excluding hydrogens is 356 g/mol. The van der Waals surface area contributed by atoms with Crippen LogP contribution in [-0.4, -0.2) is 53.5 Å². The van der Waals surface area contributed by atoms with Crippen LogP contribution in [0.1, 0.15) is 46.3 Å². The summed E-state index contributed by atoms with van der Waals surface area (Å²) in [7, 11) is 1.98. The van der Waals surface area contributed by atoms with Gasteiger partial charge in [0.25, 0.3) is 5.91 Å². The predicted molar refractivity (Wildman–Crippen MR) is 103 cm³/mol. The van der Waals surface area contributed by atoms with Crippen molar-refractivity contribution in [3.63, 3.8) is 0 Å². The molecule has 1 saturated heterocycles. The van der Waals surface area contributed by atoms with E-state index in [-0.39, 0.29) is 17.6 Å². The number of carbonyl (C=O) groups is 1. The molecule has 1 aliphatic heterocycles. The van der Waals surface area contributed by atoms with Gasteiger partial charge in [-0.1, -0.05) is 11.6 Å². The Morgan fingerprint density at radius 1 is 1.25 bits per heavy atom. The molecule has 8 nitrogen and oxygen atoms in total. The second-order valence-corrected chi connectivity index (χ2v) is 7.32. The van der Waals surface area contributed by atoms with Crippen LogP contribution in [0.15, 0.2) is 36.7 Å². The zero-order valence-electron chi connectivity index (χ0n) is 16.1. The maximum Gasteiger partial charge on any atom is 0.257 e. The fraction of sp³-hybridized carbons (Fsp3) is 0.400. The summed E-state index contributed by atoms with van der Waals surface area (Å²) >= 11 is 0. The molecule has 0 radical (unpaired) electrons. The van der Waals surface area contributed by atoms with Crippen molar-refractivity contribution in [2.45, 2.75) is 32.2 Å². The number of amides is 1. The summed E-state index contributed by atoms with van der Waals surface area (Å²) in [5.74, 6) is 2.00. The van der Waals surface area contributed by atoms with E-state index in [2.05, 4.69) is 15.3 Å². The Hall–Kier alpha value is -3.16. The van der Waals surface area contributed by atoms with Gasteiger partial charge in [-0.3, -0.25) is 9.48 Å². The highest BCUT2D eigenvalue weighted by Crippen LogP contribution is 2.29. The highest BCUT2D eigenvalue weighted by molar-refractivity contribution is 5.97. The summed E-state index contributed by atoms with van der Waals surface area (Å²) in [6, 6.07) is 7.01. The van der Waals surface area contributed by atoms with Crippen molar-refractivity contribution in [2.75, 3.05) is 13.1 Å². The highest BCUT2D eigenvalue weighted by Gasteiger charge is 2.28. The van der Waals surface area contributed by atoms with Crippen molar-refractivity contribution in [3.05, 3.63) is 59.4 Å². The molecule has 0 atom stereocenters. The number of nitrogens with zero attached hydrogens (tertiary/aromatic N) is 6. The average Bonchev–Trinajstić information content (AvgIpc) is 3.34. The van der Waals surface area contributed by atoms with E-state index in [1.165, 1.54) is 0 Å². The Labute approximate surface area is 163 Å². The topological polar surface area (TPSA) is 89.1 Å². The van der Waals surface area contributed by atoms with Crippen molar-refractivity contribution in [1.29, 1.82) is 0 Å². The lowest BCUT2D eigenvalue weighted by molar-refractivity contribution is 0.0707. The number of benzene rings is 1. The number of hydrogen-bond acceptors (Lipinski definition) is 5. The largest absolute Gasteiger partial charge is 0.507 e. The third kappa shape index (κ3) is 3.49. The molecule has 1 amide bonds. The number of carbonyl (C=O) groups excluding carboxylic acids is 1. The van der Waals surface area contributed by atoms with Gasteiger partial charge in [0.2, 0.25) is 0 Å². The SMILES string of the molecule is Cc1ccc(O)c(C(=O)N2CCC(c3nnc(Cn4cccn4)n3C)CC2)c1. The van der Waals surface area contributed by atoms with Crippen molar-refractivity contribution < 1.29 is 9.90 Å². The van der Waals surface area contributed by atoms with Crippen molar-refractivity contribution in [1.82, 2.24) is 29.4 Å². The number of aromatic hydroxyl groups is 1.